The van der Waals surface area contributed by atoms with Crippen LogP contribution < -0.4 is 22.1 Å². The van der Waals surface area contributed by atoms with Gasteiger partial charge in [-0.3, -0.25) is 4.90 Å². The molecule has 0 saturated heterocycles. The molecule has 6 N–H and O–H groups in total. The first-order valence-electron chi connectivity index (χ1n) is 11.7. The van der Waals surface area contributed by atoms with E-state index in [0.717, 1.165) is 43.5 Å². The minimum absolute atomic E-state index is 0.0131. The van der Waals surface area contributed by atoms with Crippen molar-refractivity contribution >= 4 is 54.5 Å². The number of thiophene rings is 1. The van der Waals surface area contributed by atoms with E-state index in [1.165, 1.54) is 23.5 Å². The molecule has 198 valence electrons. The smallest absolute Gasteiger partial charge is 0.323 e. The summed E-state index contributed by atoms with van der Waals surface area (Å²) in [5.74, 6) is -0.254. The lowest BCUT2D eigenvalue weighted by Crippen LogP contribution is -2.32. The van der Waals surface area contributed by atoms with E-state index in [1.54, 1.807) is 60.8 Å². The van der Waals surface area contributed by atoms with Gasteiger partial charge in [0.15, 0.2) is 9.84 Å². The molecule has 0 aliphatic rings. The summed E-state index contributed by atoms with van der Waals surface area (Å²) in [6.45, 7) is 0.184. The molecule has 0 saturated carbocycles. The minimum Gasteiger partial charge on any atom is -0.383 e. The highest BCUT2D eigenvalue weighted by Gasteiger charge is 2.21. The van der Waals surface area contributed by atoms with Crippen LogP contribution in [0, 0.1) is 5.82 Å². The number of urea groups is 1. The Balaban J connectivity index is 1.55. The SMILES string of the molecule is CS(=O)(=O)c1ccc(-c2cnc(N)c3c(-c4ccc(N(C(N)=O)c5cc(CN)ccc5F)cc4)csc23)cc1. The van der Waals surface area contributed by atoms with E-state index in [-0.39, 0.29) is 17.1 Å². The molecule has 0 atom stereocenters. The van der Waals surface area contributed by atoms with E-state index in [1.807, 2.05) is 5.38 Å². The zero-order chi connectivity index (χ0) is 27.9. The molecule has 11 heteroatoms. The number of carbonyl (C=O) groups is 1. The molecule has 2 amide bonds. The number of hydrogen-bond donors (Lipinski definition) is 3. The van der Waals surface area contributed by atoms with Crippen molar-refractivity contribution < 1.29 is 17.6 Å². The fraction of sp³-hybridized carbons (Fsp3) is 0.0714. The van der Waals surface area contributed by atoms with Gasteiger partial charge in [-0.25, -0.2) is 22.6 Å². The molecule has 2 heterocycles. The van der Waals surface area contributed by atoms with E-state index in [9.17, 15) is 17.6 Å². The molecule has 39 heavy (non-hydrogen) atoms. The average Bonchev–Trinajstić information content (AvgIpc) is 3.36. The number of benzene rings is 3. The van der Waals surface area contributed by atoms with Crippen molar-refractivity contribution in [2.75, 3.05) is 16.9 Å². The second-order valence-electron chi connectivity index (χ2n) is 8.92. The molecule has 2 aromatic heterocycles. The standard InChI is InChI=1S/C28H24FN5O3S2/c1-39(36,37)20-9-5-17(6-10-20)21-14-33-27(31)25-22(15-38-26(21)25)18-3-7-19(8-4-18)34(28(32)35)24-12-16(13-30)2-11-23(24)29/h2-12,14-15H,13,30H2,1H3,(H2,31,33)(H2,32,35). The molecule has 0 unspecified atom stereocenters. The number of aromatic nitrogens is 1. The third kappa shape index (κ3) is 4.94. The Morgan fingerprint density at radius 3 is 2.26 bits per heavy atom. The molecule has 8 nitrogen and oxygen atoms in total. The van der Waals surface area contributed by atoms with Crippen molar-refractivity contribution in [3.63, 3.8) is 0 Å². The highest BCUT2D eigenvalue weighted by Crippen LogP contribution is 2.42. The van der Waals surface area contributed by atoms with Crippen molar-refractivity contribution in [1.29, 1.82) is 0 Å². The zero-order valence-electron chi connectivity index (χ0n) is 20.8. The monoisotopic (exact) mass is 561 g/mol. The second-order valence-corrected chi connectivity index (χ2v) is 11.8. The predicted octanol–water partition coefficient (Wildman–Crippen LogP) is 5.43. The van der Waals surface area contributed by atoms with Crippen molar-refractivity contribution in [2.45, 2.75) is 11.4 Å². The second kappa shape index (κ2) is 10.1. The maximum atomic E-state index is 14.6. The number of anilines is 3. The number of rotatable bonds is 6. The maximum absolute atomic E-state index is 14.6. The van der Waals surface area contributed by atoms with Crippen molar-refractivity contribution in [3.05, 3.63) is 89.7 Å². The lowest BCUT2D eigenvalue weighted by atomic mass is 10.0. The van der Waals surface area contributed by atoms with E-state index < -0.39 is 21.7 Å². The van der Waals surface area contributed by atoms with Gasteiger partial charge in [-0.15, -0.1) is 11.3 Å². The predicted molar refractivity (Wildman–Crippen MR) is 154 cm³/mol. The fourth-order valence-electron chi connectivity index (χ4n) is 4.40. The van der Waals surface area contributed by atoms with Crippen LogP contribution in [0.5, 0.6) is 0 Å². The van der Waals surface area contributed by atoms with Gasteiger partial charge in [-0.2, -0.15) is 0 Å². The van der Waals surface area contributed by atoms with E-state index in [2.05, 4.69) is 4.98 Å². The summed E-state index contributed by atoms with van der Waals surface area (Å²) in [5, 5.41) is 2.72. The van der Waals surface area contributed by atoms with Crippen LogP contribution in [0.15, 0.2) is 83.2 Å². The number of nitrogens with zero attached hydrogens (tertiary/aromatic N) is 2. The first kappa shape index (κ1) is 26.3. The topological polar surface area (TPSA) is 145 Å². The number of nitrogens with two attached hydrogens (primary N) is 3. The van der Waals surface area contributed by atoms with Crippen LogP contribution in [0.4, 0.5) is 26.4 Å². The Hall–Kier alpha value is -4.32. The van der Waals surface area contributed by atoms with Crippen molar-refractivity contribution in [1.82, 2.24) is 4.98 Å². The van der Waals surface area contributed by atoms with Crippen molar-refractivity contribution in [3.8, 4) is 22.3 Å². The molecule has 3 aromatic carbocycles. The Labute approximate surface area is 228 Å². The molecule has 0 fully saturated rings. The lowest BCUT2D eigenvalue weighted by molar-refractivity contribution is 0.256. The number of carbonyl (C=O) groups excluding carboxylic acids is 1. The number of halogens is 1. The van der Waals surface area contributed by atoms with Crippen LogP contribution in [-0.4, -0.2) is 25.7 Å². The van der Waals surface area contributed by atoms with Crippen LogP contribution in [0.25, 0.3) is 32.3 Å². The van der Waals surface area contributed by atoms with Gasteiger partial charge in [0.1, 0.15) is 11.6 Å². The maximum Gasteiger partial charge on any atom is 0.323 e. The van der Waals surface area contributed by atoms with Gasteiger partial charge >= 0.3 is 6.03 Å². The number of amides is 2. The average molecular weight is 562 g/mol. The minimum atomic E-state index is -3.31. The van der Waals surface area contributed by atoms with Gasteiger partial charge in [0.2, 0.25) is 0 Å². The van der Waals surface area contributed by atoms with Gasteiger partial charge in [0.25, 0.3) is 0 Å². The summed E-state index contributed by atoms with van der Waals surface area (Å²) < 4.78 is 39.2. The Kier molecular flexibility index (Phi) is 6.81. The van der Waals surface area contributed by atoms with Gasteiger partial charge in [0, 0.05) is 40.2 Å². The fourth-order valence-corrected chi connectivity index (χ4v) is 6.15. The molecule has 0 radical (unpaired) electrons. The zero-order valence-corrected chi connectivity index (χ0v) is 22.4. The molecule has 0 spiro atoms. The molecule has 5 aromatic rings. The summed E-state index contributed by atoms with van der Waals surface area (Å²) >= 11 is 1.49. The van der Waals surface area contributed by atoms with Crippen LogP contribution >= 0.6 is 11.3 Å². The summed E-state index contributed by atoms with van der Waals surface area (Å²) in [6.07, 6.45) is 2.84. The van der Waals surface area contributed by atoms with Crippen LogP contribution in [0.3, 0.4) is 0 Å². The highest BCUT2D eigenvalue weighted by molar-refractivity contribution is 7.90. The van der Waals surface area contributed by atoms with E-state index in [4.69, 9.17) is 17.2 Å². The Morgan fingerprint density at radius 2 is 1.64 bits per heavy atom. The largest absolute Gasteiger partial charge is 0.383 e. The molecular formula is C28H24FN5O3S2. The Bertz CT molecular complexity index is 1820. The van der Waals surface area contributed by atoms with E-state index >= 15 is 0 Å². The molecule has 5 rings (SSSR count). The van der Waals surface area contributed by atoms with Crippen LogP contribution in [-0.2, 0) is 16.4 Å². The summed E-state index contributed by atoms with van der Waals surface area (Å²) in [5.41, 5.74) is 21.9. The van der Waals surface area contributed by atoms with Gasteiger partial charge in [0.05, 0.1) is 16.3 Å². The first-order chi connectivity index (χ1) is 18.6. The van der Waals surface area contributed by atoms with Crippen LogP contribution in [0.1, 0.15) is 5.56 Å². The number of primary amides is 1. The Morgan fingerprint density at radius 1 is 1.00 bits per heavy atom. The molecular weight excluding hydrogens is 537 g/mol. The van der Waals surface area contributed by atoms with Gasteiger partial charge in [-0.1, -0.05) is 30.3 Å². The van der Waals surface area contributed by atoms with Crippen molar-refractivity contribution in [2.24, 2.45) is 11.5 Å². The number of pyridine rings is 1. The normalized spacial score (nSPS) is 11.6. The number of sulfone groups is 1. The number of fused-ring (bicyclic) bond motifs is 1. The van der Waals surface area contributed by atoms with Crippen LogP contribution in [0.2, 0.25) is 0 Å². The molecule has 0 aliphatic heterocycles. The van der Waals surface area contributed by atoms with Gasteiger partial charge < -0.3 is 17.2 Å². The first-order valence-corrected chi connectivity index (χ1v) is 14.5. The summed E-state index contributed by atoms with van der Waals surface area (Å²) in [7, 11) is -3.31. The third-order valence-electron chi connectivity index (χ3n) is 6.36. The van der Waals surface area contributed by atoms with Gasteiger partial charge in [-0.05, 0) is 58.5 Å². The van der Waals surface area contributed by atoms with E-state index in [0.29, 0.717) is 17.1 Å². The molecule has 0 aliphatic carbocycles. The number of hydrogen-bond acceptors (Lipinski definition) is 7. The summed E-state index contributed by atoms with van der Waals surface area (Å²) in [4.78, 5) is 18.0. The molecule has 0 bridgehead atoms. The number of nitrogen functional groups attached to an aromatic ring is 1. The summed E-state index contributed by atoms with van der Waals surface area (Å²) in [6, 6.07) is 17.0. The lowest BCUT2D eigenvalue weighted by Gasteiger charge is -2.22. The quantitative estimate of drug-likeness (QED) is 0.252. The third-order valence-corrected chi connectivity index (χ3v) is 8.50. The highest BCUT2D eigenvalue weighted by atomic mass is 32.2.